The molecule has 0 spiro atoms. The molecule has 0 aromatic rings. The standard InChI is InChI=1S/C7H14F3N/c1-5(4-11)6(2,3)7(8,9)10/h5H,4,11H2,1-3H3/t5-/m1/s1. The van der Waals surface area contributed by atoms with E-state index < -0.39 is 17.5 Å². The second kappa shape index (κ2) is 3.01. The summed E-state index contributed by atoms with van der Waals surface area (Å²) in [5.41, 5.74) is 3.48. The fourth-order valence-electron chi connectivity index (χ4n) is 0.574. The molecule has 0 amide bonds. The Morgan fingerprint density at radius 3 is 1.73 bits per heavy atom. The maximum absolute atomic E-state index is 12.2. The highest BCUT2D eigenvalue weighted by molar-refractivity contribution is 4.82. The van der Waals surface area contributed by atoms with Crippen LogP contribution < -0.4 is 5.73 Å². The quantitative estimate of drug-likeness (QED) is 0.673. The normalized spacial score (nSPS) is 16.6. The molecule has 0 unspecified atom stereocenters. The zero-order valence-electron chi connectivity index (χ0n) is 7.00. The summed E-state index contributed by atoms with van der Waals surface area (Å²) in [5, 5.41) is 0. The molecule has 0 saturated carbocycles. The molecule has 68 valence electrons. The molecule has 0 rings (SSSR count). The van der Waals surface area contributed by atoms with Crippen molar-refractivity contribution in [3.05, 3.63) is 0 Å². The third-order valence-electron chi connectivity index (χ3n) is 2.32. The smallest absolute Gasteiger partial charge is 0.330 e. The second-order valence-corrected chi connectivity index (χ2v) is 3.36. The molecular formula is C7H14F3N. The molecule has 0 aliphatic rings. The van der Waals surface area contributed by atoms with Crippen LogP contribution in [0.15, 0.2) is 0 Å². The molecule has 0 aromatic carbocycles. The molecule has 0 heterocycles. The number of hydrogen-bond acceptors (Lipinski definition) is 1. The Kier molecular flexibility index (Phi) is 2.94. The van der Waals surface area contributed by atoms with Crippen molar-refractivity contribution < 1.29 is 13.2 Å². The predicted octanol–water partition coefficient (Wildman–Crippen LogP) is 2.17. The van der Waals surface area contributed by atoms with Gasteiger partial charge in [0.25, 0.3) is 0 Å². The maximum atomic E-state index is 12.2. The van der Waals surface area contributed by atoms with Crippen molar-refractivity contribution in [2.75, 3.05) is 6.54 Å². The summed E-state index contributed by atoms with van der Waals surface area (Å²) in [7, 11) is 0. The largest absolute Gasteiger partial charge is 0.394 e. The van der Waals surface area contributed by atoms with Crippen molar-refractivity contribution in [2.24, 2.45) is 17.1 Å². The zero-order chi connectivity index (χ0) is 9.28. The summed E-state index contributed by atoms with van der Waals surface area (Å²) in [4.78, 5) is 0. The van der Waals surface area contributed by atoms with Crippen LogP contribution in [0.5, 0.6) is 0 Å². The Balaban J connectivity index is 4.45. The summed E-state index contributed by atoms with van der Waals surface area (Å²) >= 11 is 0. The average Bonchev–Trinajstić information content (AvgIpc) is 1.83. The number of halogens is 3. The molecule has 4 heteroatoms. The van der Waals surface area contributed by atoms with E-state index in [0.717, 1.165) is 0 Å². The molecule has 1 atom stereocenters. The van der Waals surface area contributed by atoms with E-state index in [4.69, 9.17) is 5.73 Å². The van der Waals surface area contributed by atoms with E-state index in [1.807, 2.05) is 0 Å². The van der Waals surface area contributed by atoms with Gasteiger partial charge in [-0.05, 0) is 12.5 Å². The number of rotatable bonds is 2. The first-order valence-corrected chi connectivity index (χ1v) is 3.50. The Morgan fingerprint density at radius 1 is 1.27 bits per heavy atom. The molecule has 1 nitrogen and oxygen atoms in total. The lowest BCUT2D eigenvalue weighted by molar-refractivity contribution is -0.226. The first-order chi connectivity index (χ1) is 4.73. The average molecular weight is 169 g/mol. The van der Waals surface area contributed by atoms with Gasteiger partial charge in [-0.25, -0.2) is 0 Å². The van der Waals surface area contributed by atoms with Crippen molar-refractivity contribution in [3.63, 3.8) is 0 Å². The molecule has 11 heavy (non-hydrogen) atoms. The van der Waals surface area contributed by atoms with Crippen molar-refractivity contribution in [1.29, 1.82) is 0 Å². The Labute approximate surface area is 64.8 Å². The fraction of sp³-hybridized carbons (Fsp3) is 1.00. The van der Waals surface area contributed by atoms with Gasteiger partial charge in [0.15, 0.2) is 0 Å². The van der Waals surface area contributed by atoms with E-state index in [1.54, 1.807) is 0 Å². The molecule has 0 aromatic heterocycles. The van der Waals surface area contributed by atoms with Gasteiger partial charge < -0.3 is 5.73 Å². The molecule has 2 N–H and O–H groups in total. The van der Waals surface area contributed by atoms with Gasteiger partial charge in [0, 0.05) is 0 Å². The summed E-state index contributed by atoms with van der Waals surface area (Å²) in [6.07, 6.45) is -4.16. The van der Waals surface area contributed by atoms with Crippen LogP contribution in [0.2, 0.25) is 0 Å². The van der Waals surface area contributed by atoms with E-state index in [2.05, 4.69) is 0 Å². The lowest BCUT2D eigenvalue weighted by Crippen LogP contribution is -2.41. The Hall–Kier alpha value is -0.250. The van der Waals surface area contributed by atoms with Gasteiger partial charge in [0.2, 0.25) is 0 Å². The third kappa shape index (κ3) is 2.09. The lowest BCUT2D eigenvalue weighted by Gasteiger charge is -2.32. The van der Waals surface area contributed by atoms with E-state index in [1.165, 1.54) is 20.8 Å². The van der Waals surface area contributed by atoms with Crippen LogP contribution in [0, 0.1) is 11.3 Å². The SMILES string of the molecule is C[C@H](CN)C(C)(C)C(F)(F)F. The van der Waals surface area contributed by atoms with E-state index in [-0.39, 0.29) is 6.54 Å². The van der Waals surface area contributed by atoms with Crippen molar-refractivity contribution in [1.82, 2.24) is 0 Å². The minimum absolute atomic E-state index is 0.0620. The van der Waals surface area contributed by atoms with E-state index in [0.29, 0.717) is 0 Å². The highest BCUT2D eigenvalue weighted by Crippen LogP contribution is 2.42. The molecule has 0 aliphatic carbocycles. The van der Waals surface area contributed by atoms with Gasteiger partial charge in [-0.15, -0.1) is 0 Å². The predicted molar refractivity (Wildman–Crippen MR) is 38.1 cm³/mol. The summed E-state index contributed by atoms with van der Waals surface area (Å²) in [6, 6.07) is 0. The van der Waals surface area contributed by atoms with Gasteiger partial charge in [-0.2, -0.15) is 13.2 Å². The zero-order valence-corrected chi connectivity index (χ0v) is 7.00. The van der Waals surface area contributed by atoms with Crippen LogP contribution >= 0.6 is 0 Å². The molecule has 0 radical (unpaired) electrons. The van der Waals surface area contributed by atoms with Crippen LogP contribution in [0.3, 0.4) is 0 Å². The maximum Gasteiger partial charge on any atom is 0.394 e. The molecular weight excluding hydrogens is 155 g/mol. The summed E-state index contributed by atoms with van der Waals surface area (Å²) in [6.45, 7) is 3.91. The number of nitrogens with two attached hydrogens (primary N) is 1. The Morgan fingerprint density at radius 2 is 1.64 bits per heavy atom. The molecule has 0 saturated heterocycles. The van der Waals surface area contributed by atoms with E-state index >= 15 is 0 Å². The van der Waals surface area contributed by atoms with Crippen LogP contribution in [-0.4, -0.2) is 12.7 Å². The van der Waals surface area contributed by atoms with Gasteiger partial charge >= 0.3 is 6.18 Å². The van der Waals surface area contributed by atoms with Crippen LogP contribution in [-0.2, 0) is 0 Å². The first kappa shape index (κ1) is 10.8. The van der Waals surface area contributed by atoms with Crippen molar-refractivity contribution >= 4 is 0 Å². The van der Waals surface area contributed by atoms with Gasteiger partial charge in [0.05, 0.1) is 5.41 Å². The summed E-state index contributed by atoms with van der Waals surface area (Å²) in [5.74, 6) is -0.539. The summed E-state index contributed by atoms with van der Waals surface area (Å²) < 4.78 is 36.6. The highest BCUT2D eigenvalue weighted by atomic mass is 19.4. The molecule has 0 aliphatic heterocycles. The van der Waals surface area contributed by atoms with Crippen LogP contribution in [0.4, 0.5) is 13.2 Å². The van der Waals surface area contributed by atoms with Gasteiger partial charge in [-0.3, -0.25) is 0 Å². The minimum Gasteiger partial charge on any atom is -0.330 e. The van der Waals surface area contributed by atoms with Crippen LogP contribution in [0.25, 0.3) is 0 Å². The topological polar surface area (TPSA) is 26.0 Å². The highest BCUT2D eigenvalue weighted by Gasteiger charge is 2.49. The Bertz CT molecular complexity index is 128. The monoisotopic (exact) mass is 169 g/mol. The second-order valence-electron chi connectivity index (χ2n) is 3.36. The number of hydrogen-bond donors (Lipinski definition) is 1. The molecule has 0 bridgehead atoms. The number of alkyl halides is 3. The van der Waals surface area contributed by atoms with E-state index in [9.17, 15) is 13.2 Å². The van der Waals surface area contributed by atoms with Crippen molar-refractivity contribution in [3.8, 4) is 0 Å². The van der Waals surface area contributed by atoms with Crippen molar-refractivity contribution in [2.45, 2.75) is 26.9 Å². The molecule has 0 fully saturated rings. The first-order valence-electron chi connectivity index (χ1n) is 3.50. The van der Waals surface area contributed by atoms with Crippen LogP contribution in [0.1, 0.15) is 20.8 Å². The van der Waals surface area contributed by atoms with Gasteiger partial charge in [-0.1, -0.05) is 20.8 Å². The lowest BCUT2D eigenvalue weighted by atomic mass is 9.79. The minimum atomic E-state index is -4.16. The van der Waals surface area contributed by atoms with Gasteiger partial charge in [0.1, 0.15) is 0 Å². The fourth-order valence-corrected chi connectivity index (χ4v) is 0.574. The third-order valence-corrected chi connectivity index (χ3v) is 2.32.